The monoisotopic (exact) mass is 395 g/mol. The molecule has 0 heterocycles. The van der Waals surface area contributed by atoms with E-state index in [1.54, 1.807) is 0 Å². The van der Waals surface area contributed by atoms with E-state index < -0.39 is 0 Å². The first-order valence-corrected chi connectivity index (χ1v) is 9.65. The lowest BCUT2D eigenvalue weighted by Gasteiger charge is -2.21. The molecular formula is C24H26ClNO2. The molecular weight excluding hydrogens is 370 g/mol. The molecule has 0 saturated heterocycles. The van der Waals surface area contributed by atoms with Crippen LogP contribution in [0.25, 0.3) is 0 Å². The predicted molar refractivity (Wildman–Crippen MR) is 116 cm³/mol. The Hall–Kier alpha value is -2.49. The first-order valence-electron chi connectivity index (χ1n) is 9.65. The number of hydrogen-bond donors (Lipinski definition) is 1. The van der Waals surface area contributed by atoms with E-state index in [-0.39, 0.29) is 18.4 Å². The summed E-state index contributed by atoms with van der Waals surface area (Å²) >= 11 is 0. The molecule has 1 aliphatic rings. The summed E-state index contributed by atoms with van der Waals surface area (Å²) in [6.45, 7) is 0. The molecule has 0 radical (unpaired) electrons. The molecule has 0 bridgehead atoms. The van der Waals surface area contributed by atoms with Crippen LogP contribution in [0.2, 0.25) is 0 Å². The van der Waals surface area contributed by atoms with E-state index in [2.05, 4.69) is 6.07 Å². The minimum Gasteiger partial charge on any atom is -0.453 e. The minimum absolute atomic E-state index is 0. The van der Waals surface area contributed by atoms with Gasteiger partial charge in [0.2, 0.25) is 0 Å². The number of nitrogens with two attached hydrogens (primary N) is 1. The molecule has 2 N–H and O–H groups in total. The Kier molecular flexibility index (Phi) is 6.96. The average molecular weight is 396 g/mol. The molecule has 0 aliphatic heterocycles. The maximum absolute atomic E-state index is 6.57. The zero-order chi connectivity index (χ0) is 18.5. The standard InChI is InChI=1S/C24H25NO2.ClH/c25-24(18-9-7-8-10-18)19-15-16-22(26-20-11-3-1-4-12-20)23(17-19)27-21-13-5-2-6-14-21;/h1-6,11-18,24H,7-10,25H2;1H/t24-;/m0./s1. The number of ether oxygens (including phenoxy) is 2. The van der Waals surface area contributed by atoms with Crippen molar-refractivity contribution < 1.29 is 9.47 Å². The molecule has 1 saturated carbocycles. The average Bonchev–Trinajstić information content (AvgIpc) is 3.25. The van der Waals surface area contributed by atoms with Crippen LogP contribution in [-0.2, 0) is 0 Å². The fourth-order valence-corrected chi connectivity index (χ4v) is 3.72. The van der Waals surface area contributed by atoms with Gasteiger partial charge >= 0.3 is 0 Å². The van der Waals surface area contributed by atoms with Crippen molar-refractivity contribution in [3.63, 3.8) is 0 Å². The van der Waals surface area contributed by atoms with Crippen LogP contribution in [0.4, 0.5) is 0 Å². The van der Waals surface area contributed by atoms with Crippen LogP contribution in [0.1, 0.15) is 37.3 Å². The predicted octanol–water partition coefficient (Wildman–Crippen LogP) is 6.88. The number of para-hydroxylation sites is 2. The molecule has 28 heavy (non-hydrogen) atoms. The maximum atomic E-state index is 6.57. The molecule has 0 amide bonds. The molecule has 4 heteroatoms. The second-order valence-electron chi connectivity index (χ2n) is 7.11. The van der Waals surface area contributed by atoms with Gasteiger partial charge in [-0.25, -0.2) is 0 Å². The van der Waals surface area contributed by atoms with E-state index in [1.807, 2.05) is 72.8 Å². The summed E-state index contributed by atoms with van der Waals surface area (Å²) in [5, 5.41) is 0. The smallest absolute Gasteiger partial charge is 0.170 e. The van der Waals surface area contributed by atoms with Gasteiger partial charge in [0.05, 0.1) is 0 Å². The van der Waals surface area contributed by atoms with Gasteiger partial charge in [0.25, 0.3) is 0 Å². The van der Waals surface area contributed by atoms with Crippen molar-refractivity contribution in [2.24, 2.45) is 11.7 Å². The first-order chi connectivity index (χ1) is 13.3. The summed E-state index contributed by atoms with van der Waals surface area (Å²) in [6.07, 6.45) is 4.97. The molecule has 4 rings (SSSR count). The van der Waals surface area contributed by atoms with Crippen molar-refractivity contribution in [2.45, 2.75) is 31.7 Å². The summed E-state index contributed by atoms with van der Waals surface area (Å²) in [6, 6.07) is 25.6. The fourth-order valence-electron chi connectivity index (χ4n) is 3.72. The van der Waals surface area contributed by atoms with Crippen molar-refractivity contribution in [3.8, 4) is 23.0 Å². The highest BCUT2D eigenvalue weighted by Gasteiger charge is 2.24. The van der Waals surface area contributed by atoms with Crippen molar-refractivity contribution in [2.75, 3.05) is 0 Å². The van der Waals surface area contributed by atoms with Gasteiger partial charge in [-0.3, -0.25) is 0 Å². The van der Waals surface area contributed by atoms with Gasteiger partial charge in [0.1, 0.15) is 11.5 Å². The maximum Gasteiger partial charge on any atom is 0.170 e. The molecule has 3 aromatic rings. The van der Waals surface area contributed by atoms with E-state index in [0.29, 0.717) is 17.4 Å². The Morgan fingerprint density at radius 3 is 1.82 bits per heavy atom. The zero-order valence-electron chi connectivity index (χ0n) is 15.8. The lowest BCUT2D eigenvalue weighted by molar-refractivity contribution is 0.412. The van der Waals surface area contributed by atoms with E-state index in [4.69, 9.17) is 15.2 Å². The Morgan fingerprint density at radius 1 is 0.714 bits per heavy atom. The summed E-state index contributed by atoms with van der Waals surface area (Å²) in [5.74, 6) is 3.49. The van der Waals surface area contributed by atoms with Crippen LogP contribution in [0.15, 0.2) is 78.9 Å². The Morgan fingerprint density at radius 2 is 1.25 bits per heavy atom. The zero-order valence-corrected chi connectivity index (χ0v) is 16.6. The Labute approximate surface area is 172 Å². The third-order valence-corrected chi connectivity index (χ3v) is 5.20. The first kappa shape index (κ1) is 20.2. The lowest BCUT2D eigenvalue weighted by atomic mass is 9.92. The highest BCUT2D eigenvalue weighted by molar-refractivity contribution is 5.85. The van der Waals surface area contributed by atoms with Gasteiger partial charge in [-0.1, -0.05) is 55.3 Å². The normalized spacial score (nSPS) is 14.9. The van der Waals surface area contributed by atoms with Crippen molar-refractivity contribution in [1.29, 1.82) is 0 Å². The van der Waals surface area contributed by atoms with Crippen molar-refractivity contribution >= 4 is 12.4 Å². The van der Waals surface area contributed by atoms with Crippen molar-refractivity contribution in [1.82, 2.24) is 0 Å². The number of rotatable bonds is 6. The van der Waals surface area contributed by atoms with Crippen LogP contribution < -0.4 is 15.2 Å². The summed E-state index contributed by atoms with van der Waals surface area (Å²) < 4.78 is 12.2. The highest BCUT2D eigenvalue weighted by Crippen LogP contribution is 2.40. The number of halogens is 1. The fraction of sp³-hybridized carbons (Fsp3) is 0.250. The summed E-state index contributed by atoms with van der Waals surface area (Å²) in [4.78, 5) is 0. The summed E-state index contributed by atoms with van der Waals surface area (Å²) in [7, 11) is 0. The third-order valence-electron chi connectivity index (χ3n) is 5.20. The van der Waals surface area contributed by atoms with Crippen LogP contribution >= 0.6 is 12.4 Å². The van der Waals surface area contributed by atoms with Crippen LogP contribution in [0, 0.1) is 5.92 Å². The van der Waals surface area contributed by atoms with E-state index >= 15 is 0 Å². The molecule has 0 aromatic heterocycles. The number of benzene rings is 3. The SMILES string of the molecule is Cl.N[C@H](c1ccc(Oc2ccccc2)c(Oc2ccccc2)c1)C1CCCC1. The molecule has 1 fully saturated rings. The van der Waals surface area contributed by atoms with Crippen molar-refractivity contribution in [3.05, 3.63) is 84.4 Å². The number of hydrogen-bond acceptors (Lipinski definition) is 3. The van der Waals surface area contributed by atoms with Gasteiger partial charge < -0.3 is 15.2 Å². The topological polar surface area (TPSA) is 44.5 Å². The molecule has 1 atom stereocenters. The minimum atomic E-state index is 0. The van der Waals surface area contributed by atoms with Crippen LogP contribution in [-0.4, -0.2) is 0 Å². The molecule has 146 valence electrons. The molecule has 3 aromatic carbocycles. The Bertz CT molecular complexity index is 864. The largest absolute Gasteiger partial charge is 0.453 e. The lowest BCUT2D eigenvalue weighted by Crippen LogP contribution is -2.19. The molecule has 0 unspecified atom stereocenters. The van der Waals surface area contributed by atoms with Gasteiger partial charge in [-0.2, -0.15) is 0 Å². The second-order valence-corrected chi connectivity index (χ2v) is 7.11. The quantitative estimate of drug-likeness (QED) is 0.494. The van der Waals surface area contributed by atoms with Gasteiger partial charge in [-0.15, -0.1) is 12.4 Å². The van der Waals surface area contributed by atoms with Crippen LogP contribution in [0.5, 0.6) is 23.0 Å². The van der Waals surface area contributed by atoms with Crippen LogP contribution in [0.3, 0.4) is 0 Å². The van der Waals surface area contributed by atoms with Gasteiger partial charge in [-0.05, 0) is 60.7 Å². The van der Waals surface area contributed by atoms with E-state index in [9.17, 15) is 0 Å². The van der Waals surface area contributed by atoms with Gasteiger partial charge in [0, 0.05) is 6.04 Å². The third kappa shape index (κ3) is 4.86. The molecule has 0 spiro atoms. The Balaban J connectivity index is 0.00000225. The van der Waals surface area contributed by atoms with Gasteiger partial charge in [0.15, 0.2) is 11.5 Å². The molecule has 3 nitrogen and oxygen atoms in total. The van der Waals surface area contributed by atoms with E-state index in [1.165, 1.54) is 25.7 Å². The summed E-state index contributed by atoms with van der Waals surface area (Å²) in [5.41, 5.74) is 7.67. The molecule has 1 aliphatic carbocycles. The highest BCUT2D eigenvalue weighted by atomic mass is 35.5. The van der Waals surface area contributed by atoms with E-state index in [0.717, 1.165) is 17.1 Å². The second kappa shape index (κ2) is 9.63.